The molecule has 0 aromatic heterocycles. The lowest BCUT2D eigenvalue weighted by molar-refractivity contribution is 0.392. The summed E-state index contributed by atoms with van der Waals surface area (Å²) in [6, 6.07) is 0.759. The zero-order valence-corrected chi connectivity index (χ0v) is 9.26. The van der Waals surface area contributed by atoms with Gasteiger partial charge in [0.1, 0.15) is 0 Å². The lowest BCUT2D eigenvalue weighted by atomic mass is 10.1. The lowest BCUT2D eigenvalue weighted by Crippen LogP contribution is -2.33. The second-order valence-electron chi connectivity index (χ2n) is 4.85. The first kappa shape index (κ1) is 10.4. The molecule has 3 nitrogen and oxygen atoms in total. The fourth-order valence-corrected chi connectivity index (χ4v) is 2.55. The second-order valence-corrected chi connectivity index (χ2v) is 4.85. The first-order chi connectivity index (χ1) is 6.84. The van der Waals surface area contributed by atoms with Crippen LogP contribution >= 0.6 is 0 Å². The topological polar surface area (TPSA) is 27.3 Å². The van der Waals surface area contributed by atoms with Gasteiger partial charge in [-0.3, -0.25) is 0 Å². The van der Waals surface area contributed by atoms with Gasteiger partial charge in [-0.15, -0.1) is 0 Å². The highest BCUT2D eigenvalue weighted by Gasteiger charge is 2.19. The van der Waals surface area contributed by atoms with Crippen LogP contribution in [0.1, 0.15) is 19.3 Å². The zero-order chi connectivity index (χ0) is 9.80. The van der Waals surface area contributed by atoms with E-state index in [1.54, 1.807) is 0 Å². The Labute approximate surface area is 87.2 Å². The van der Waals surface area contributed by atoms with Crippen molar-refractivity contribution in [2.75, 3.05) is 39.8 Å². The average molecular weight is 197 g/mol. The quantitative estimate of drug-likeness (QED) is 0.678. The molecule has 14 heavy (non-hydrogen) atoms. The van der Waals surface area contributed by atoms with Gasteiger partial charge in [0.2, 0.25) is 0 Å². The molecular weight excluding hydrogens is 174 g/mol. The van der Waals surface area contributed by atoms with Gasteiger partial charge in [-0.05, 0) is 58.4 Å². The fraction of sp³-hybridized carbons (Fsp3) is 1.00. The van der Waals surface area contributed by atoms with E-state index in [1.807, 2.05) is 0 Å². The molecule has 3 heteroatoms. The number of nitrogens with one attached hydrogen (secondary N) is 2. The lowest BCUT2D eigenvalue weighted by Gasteiger charge is -2.14. The minimum absolute atomic E-state index is 0.759. The van der Waals surface area contributed by atoms with Gasteiger partial charge < -0.3 is 15.5 Å². The fourth-order valence-electron chi connectivity index (χ4n) is 2.55. The van der Waals surface area contributed by atoms with E-state index in [0.29, 0.717) is 0 Å². The number of nitrogens with zero attached hydrogens (tertiary/aromatic N) is 1. The van der Waals surface area contributed by atoms with Gasteiger partial charge in [-0.25, -0.2) is 0 Å². The van der Waals surface area contributed by atoms with Crippen LogP contribution in [0, 0.1) is 5.92 Å². The molecule has 0 bridgehead atoms. The Balaban J connectivity index is 1.54. The summed E-state index contributed by atoms with van der Waals surface area (Å²) in [4.78, 5) is 2.41. The summed E-state index contributed by atoms with van der Waals surface area (Å²) in [5, 5.41) is 7.09. The van der Waals surface area contributed by atoms with Crippen LogP contribution in [0.2, 0.25) is 0 Å². The van der Waals surface area contributed by atoms with Crippen LogP contribution in [0.4, 0.5) is 0 Å². The van der Waals surface area contributed by atoms with Gasteiger partial charge in [0.25, 0.3) is 0 Å². The Hall–Kier alpha value is -0.120. The molecule has 0 amide bonds. The van der Waals surface area contributed by atoms with Crippen molar-refractivity contribution in [3.63, 3.8) is 0 Å². The minimum Gasteiger partial charge on any atom is -0.316 e. The summed E-state index contributed by atoms with van der Waals surface area (Å²) in [6.45, 7) is 6.19. The van der Waals surface area contributed by atoms with Crippen LogP contribution < -0.4 is 10.6 Å². The summed E-state index contributed by atoms with van der Waals surface area (Å²) in [5.41, 5.74) is 0. The molecule has 2 unspecified atom stereocenters. The predicted octanol–water partition coefficient (Wildman–Crippen LogP) is 0.280. The van der Waals surface area contributed by atoms with Gasteiger partial charge >= 0.3 is 0 Å². The Bertz CT molecular complexity index is 166. The van der Waals surface area contributed by atoms with E-state index in [2.05, 4.69) is 22.6 Å². The van der Waals surface area contributed by atoms with Crippen molar-refractivity contribution in [3.05, 3.63) is 0 Å². The number of likely N-dealkylation sites (tertiary alicyclic amines) is 1. The van der Waals surface area contributed by atoms with Crippen molar-refractivity contribution in [2.24, 2.45) is 5.92 Å². The second kappa shape index (κ2) is 5.10. The molecule has 2 atom stereocenters. The third-order valence-corrected chi connectivity index (χ3v) is 3.54. The molecule has 2 saturated heterocycles. The normalized spacial score (nSPS) is 34.1. The van der Waals surface area contributed by atoms with Gasteiger partial charge in [0.15, 0.2) is 0 Å². The van der Waals surface area contributed by atoms with Gasteiger partial charge in [0.05, 0.1) is 0 Å². The largest absolute Gasteiger partial charge is 0.316 e. The third-order valence-electron chi connectivity index (χ3n) is 3.54. The highest BCUT2D eigenvalue weighted by Crippen LogP contribution is 2.12. The summed E-state index contributed by atoms with van der Waals surface area (Å²) in [7, 11) is 2.21. The summed E-state index contributed by atoms with van der Waals surface area (Å²) < 4.78 is 0. The molecule has 82 valence electrons. The van der Waals surface area contributed by atoms with Crippen molar-refractivity contribution in [1.82, 2.24) is 15.5 Å². The van der Waals surface area contributed by atoms with E-state index in [4.69, 9.17) is 0 Å². The molecule has 0 aliphatic carbocycles. The number of hydrogen-bond donors (Lipinski definition) is 2. The monoisotopic (exact) mass is 197 g/mol. The van der Waals surface area contributed by atoms with Crippen LogP contribution in [-0.2, 0) is 0 Å². The van der Waals surface area contributed by atoms with Gasteiger partial charge in [0, 0.05) is 12.6 Å². The third kappa shape index (κ3) is 2.94. The molecule has 2 rings (SSSR count). The van der Waals surface area contributed by atoms with E-state index in [9.17, 15) is 0 Å². The van der Waals surface area contributed by atoms with Crippen molar-refractivity contribution in [1.29, 1.82) is 0 Å². The first-order valence-electron chi connectivity index (χ1n) is 5.97. The van der Waals surface area contributed by atoms with E-state index >= 15 is 0 Å². The SMILES string of the molecule is CN1CCC(NCCC2CCNC2)C1. The summed E-state index contributed by atoms with van der Waals surface area (Å²) >= 11 is 0. The minimum atomic E-state index is 0.759. The maximum absolute atomic E-state index is 3.67. The van der Waals surface area contributed by atoms with Crippen LogP contribution in [-0.4, -0.2) is 50.7 Å². The highest BCUT2D eigenvalue weighted by molar-refractivity contribution is 4.79. The standard InChI is InChI=1S/C11H23N3/c1-14-7-4-11(9-14)13-6-3-10-2-5-12-8-10/h10-13H,2-9H2,1H3. The zero-order valence-electron chi connectivity index (χ0n) is 9.26. The van der Waals surface area contributed by atoms with E-state index in [0.717, 1.165) is 12.0 Å². The maximum atomic E-state index is 3.67. The molecule has 0 aromatic rings. The Morgan fingerprint density at radius 1 is 1.43 bits per heavy atom. The molecule has 0 spiro atoms. The van der Waals surface area contributed by atoms with E-state index in [1.165, 1.54) is 52.0 Å². The molecule has 2 fully saturated rings. The molecule has 2 aliphatic rings. The predicted molar refractivity (Wildman–Crippen MR) is 59.5 cm³/mol. The first-order valence-corrected chi connectivity index (χ1v) is 5.97. The molecule has 2 aliphatic heterocycles. The van der Waals surface area contributed by atoms with Gasteiger partial charge in [-0.1, -0.05) is 0 Å². The van der Waals surface area contributed by atoms with Crippen LogP contribution in [0.25, 0.3) is 0 Å². The van der Waals surface area contributed by atoms with Crippen molar-refractivity contribution in [3.8, 4) is 0 Å². The average Bonchev–Trinajstić information content (AvgIpc) is 2.77. The van der Waals surface area contributed by atoms with E-state index in [-0.39, 0.29) is 0 Å². The van der Waals surface area contributed by atoms with Gasteiger partial charge in [-0.2, -0.15) is 0 Å². The number of rotatable bonds is 4. The van der Waals surface area contributed by atoms with E-state index < -0.39 is 0 Å². The Kier molecular flexibility index (Phi) is 3.79. The van der Waals surface area contributed by atoms with Crippen LogP contribution in [0.15, 0.2) is 0 Å². The summed E-state index contributed by atoms with van der Waals surface area (Å²) in [6.07, 6.45) is 4.07. The number of likely N-dealkylation sites (N-methyl/N-ethyl adjacent to an activating group) is 1. The highest BCUT2D eigenvalue weighted by atomic mass is 15.2. The number of hydrogen-bond acceptors (Lipinski definition) is 3. The van der Waals surface area contributed by atoms with Crippen molar-refractivity contribution < 1.29 is 0 Å². The Morgan fingerprint density at radius 2 is 2.36 bits per heavy atom. The smallest absolute Gasteiger partial charge is 0.0207 e. The molecule has 2 N–H and O–H groups in total. The molecular formula is C11H23N3. The maximum Gasteiger partial charge on any atom is 0.0207 e. The van der Waals surface area contributed by atoms with Crippen LogP contribution in [0.5, 0.6) is 0 Å². The molecule has 0 aromatic carbocycles. The summed E-state index contributed by atoms with van der Waals surface area (Å²) in [5.74, 6) is 0.932. The Morgan fingerprint density at radius 3 is 3.00 bits per heavy atom. The van der Waals surface area contributed by atoms with Crippen molar-refractivity contribution >= 4 is 0 Å². The molecule has 0 saturated carbocycles. The van der Waals surface area contributed by atoms with Crippen molar-refractivity contribution in [2.45, 2.75) is 25.3 Å². The van der Waals surface area contributed by atoms with Crippen LogP contribution in [0.3, 0.4) is 0 Å². The molecule has 0 radical (unpaired) electrons. The molecule has 2 heterocycles.